The van der Waals surface area contributed by atoms with Crippen LogP contribution in [0.1, 0.15) is 5.56 Å². The van der Waals surface area contributed by atoms with Gasteiger partial charge in [0.1, 0.15) is 0 Å². The van der Waals surface area contributed by atoms with Gasteiger partial charge >= 0.3 is 0 Å². The van der Waals surface area contributed by atoms with Crippen molar-refractivity contribution in [2.45, 2.75) is 6.42 Å². The third-order valence-corrected chi connectivity index (χ3v) is 4.87. The first kappa shape index (κ1) is 16.8. The number of thiazole rings is 1. The second kappa shape index (κ2) is 7.21. The zero-order valence-electron chi connectivity index (χ0n) is 12.1. The topological polar surface area (TPSA) is 80.8 Å². The highest BCUT2D eigenvalue weighted by Gasteiger charge is 2.11. The van der Waals surface area contributed by atoms with Gasteiger partial charge in [-0.05, 0) is 12.1 Å². The summed E-state index contributed by atoms with van der Waals surface area (Å²) in [5.41, 5.74) is 1.43. The molecule has 0 aliphatic rings. The van der Waals surface area contributed by atoms with Crippen LogP contribution in [-0.2, 0) is 6.42 Å². The number of rotatable bonds is 5. The van der Waals surface area contributed by atoms with Crippen LogP contribution in [0.4, 0.5) is 10.8 Å². The van der Waals surface area contributed by atoms with Crippen LogP contribution in [0.25, 0.3) is 10.2 Å². The molecule has 0 spiro atoms. The number of halogens is 2. The first-order valence-corrected chi connectivity index (χ1v) is 8.47. The lowest BCUT2D eigenvalue weighted by molar-refractivity contribution is -0.385. The Labute approximate surface area is 150 Å². The summed E-state index contributed by atoms with van der Waals surface area (Å²) in [6.45, 7) is 0.336. The summed E-state index contributed by atoms with van der Waals surface area (Å²) >= 11 is 13.3. The molecule has 9 heteroatoms. The average Bonchev–Trinajstić information content (AvgIpc) is 2.94. The van der Waals surface area contributed by atoms with Gasteiger partial charge in [-0.1, -0.05) is 52.7 Å². The Morgan fingerprint density at radius 3 is 2.75 bits per heavy atom. The fourth-order valence-electron chi connectivity index (χ4n) is 2.14. The minimum absolute atomic E-state index is 0.0944. The predicted molar refractivity (Wildman–Crippen MR) is 95.8 cm³/mol. The lowest BCUT2D eigenvalue weighted by Gasteiger charge is -1.99. The number of nitro groups is 1. The van der Waals surface area contributed by atoms with E-state index in [4.69, 9.17) is 23.2 Å². The van der Waals surface area contributed by atoms with Crippen molar-refractivity contribution in [2.75, 3.05) is 6.54 Å². The molecule has 0 saturated heterocycles. The Balaban J connectivity index is 1.70. The van der Waals surface area contributed by atoms with Crippen LogP contribution < -0.4 is 0 Å². The van der Waals surface area contributed by atoms with E-state index in [0.29, 0.717) is 39.2 Å². The van der Waals surface area contributed by atoms with Gasteiger partial charge in [-0.15, -0.1) is 5.11 Å². The summed E-state index contributed by atoms with van der Waals surface area (Å²) in [6, 6.07) is 10.0. The van der Waals surface area contributed by atoms with E-state index in [2.05, 4.69) is 15.2 Å². The van der Waals surface area contributed by atoms with Gasteiger partial charge in [0.25, 0.3) is 5.69 Å². The minimum Gasteiger partial charge on any atom is -0.258 e. The van der Waals surface area contributed by atoms with Gasteiger partial charge in [0.2, 0.25) is 5.13 Å². The minimum atomic E-state index is -0.395. The van der Waals surface area contributed by atoms with Crippen LogP contribution in [0.3, 0.4) is 0 Å². The Hall–Kier alpha value is -2.09. The van der Waals surface area contributed by atoms with Crippen molar-refractivity contribution >= 4 is 55.6 Å². The molecule has 24 heavy (non-hydrogen) atoms. The Morgan fingerprint density at radius 2 is 1.96 bits per heavy atom. The molecule has 0 unspecified atom stereocenters. The van der Waals surface area contributed by atoms with E-state index in [-0.39, 0.29) is 5.69 Å². The van der Waals surface area contributed by atoms with E-state index in [1.807, 2.05) is 0 Å². The molecule has 0 N–H and O–H groups in total. The first-order chi connectivity index (χ1) is 11.5. The van der Waals surface area contributed by atoms with Gasteiger partial charge in [0.15, 0.2) is 0 Å². The summed E-state index contributed by atoms with van der Waals surface area (Å²) in [4.78, 5) is 14.9. The third kappa shape index (κ3) is 3.69. The Morgan fingerprint density at radius 1 is 1.21 bits per heavy atom. The largest absolute Gasteiger partial charge is 0.272 e. The molecule has 0 atom stereocenters. The molecule has 0 fully saturated rings. The van der Waals surface area contributed by atoms with Gasteiger partial charge in [-0.25, -0.2) is 4.98 Å². The summed E-state index contributed by atoms with van der Waals surface area (Å²) in [5, 5.41) is 20.5. The molecule has 0 saturated carbocycles. The van der Waals surface area contributed by atoms with Crippen molar-refractivity contribution in [3.63, 3.8) is 0 Å². The van der Waals surface area contributed by atoms with Crippen LogP contribution in [0.5, 0.6) is 0 Å². The fourth-order valence-corrected chi connectivity index (χ4v) is 3.35. The van der Waals surface area contributed by atoms with E-state index >= 15 is 0 Å². The van der Waals surface area contributed by atoms with Crippen molar-refractivity contribution in [3.8, 4) is 0 Å². The van der Waals surface area contributed by atoms with Gasteiger partial charge < -0.3 is 0 Å². The van der Waals surface area contributed by atoms with Crippen LogP contribution >= 0.6 is 34.5 Å². The smallest absolute Gasteiger partial charge is 0.258 e. The van der Waals surface area contributed by atoms with E-state index in [0.717, 1.165) is 4.70 Å². The quantitative estimate of drug-likeness (QED) is 0.316. The number of azo groups is 1. The van der Waals surface area contributed by atoms with Crippen molar-refractivity contribution < 1.29 is 4.92 Å². The SMILES string of the molecule is O=[N+]([O-])c1ccccc1CCN=Nc1nc2cc(Cl)c(Cl)cc2s1. The van der Waals surface area contributed by atoms with Crippen molar-refractivity contribution in [3.05, 3.63) is 62.1 Å². The average molecular weight is 381 g/mol. The molecule has 2 aromatic carbocycles. The Bertz CT molecular complexity index is 903. The van der Waals surface area contributed by atoms with E-state index in [1.54, 1.807) is 30.3 Å². The summed E-state index contributed by atoms with van der Waals surface area (Å²) in [7, 11) is 0. The van der Waals surface area contributed by atoms with E-state index in [9.17, 15) is 10.1 Å². The number of hydrogen-bond acceptors (Lipinski definition) is 6. The highest BCUT2D eigenvalue weighted by atomic mass is 35.5. The number of nitrogens with zero attached hydrogens (tertiary/aromatic N) is 4. The second-order valence-corrected chi connectivity index (χ2v) is 6.65. The monoisotopic (exact) mass is 380 g/mol. The maximum atomic E-state index is 11.0. The number of nitro benzene ring substituents is 1. The molecule has 0 radical (unpaired) electrons. The predicted octanol–water partition coefficient (Wildman–Crippen LogP) is 5.84. The highest BCUT2D eigenvalue weighted by molar-refractivity contribution is 7.22. The molecule has 1 aromatic heterocycles. The standard InChI is InChI=1S/C15H10Cl2N4O2S/c16-10-7-12-14(8-11(10)17)24-15(19-12)20-18-6-5-9-3-1-2-4-13(9)21(22)23/h1-4,7-8H,5-6H2. The lowest BCUT2D eigenvalue weighted by Crippen LogP contribution is -1.96. The summed E-state index contributed by atoms with van der Waals surface area (Å²) in [5.74, 6) is 0. The van der Waals surface area contributed by atoms with Gasteiger partial charge in [0, 0.05) is 18.1 Å². The molecule has 0 aliphatic heterocycles. The first-order valence-electron chi connectivity index (χ1n) is 6.90. The summed E-state index contributed by atoms with van der Waals surface area (Å²) in [6.07, 6.45) is 0.434. The van der Waals surface area contributed by atoms with Gasteiger partial charge in [0.05, 0.1) is 31.7 Å². The lowest BCUT2D eigenvalue weighted by atomic mass is 10.1. The Kier molecular flexibility index (Phi) is 5.03. The van der Waals surface area contributed by atoms with Crippen LogP contribution in [0, 0.1) is 10.1 Å². The zero-order valence-corrected chi connectivity index (χ0v) is 14.5. The van der Waals surface area contributed by atoms with Gasteiger partial charge in [-0.3, -0.25) is 10.1 Å². The van der Waals surface area contributed by atoms with Crippen molar-refractivity contribution in [1.82, 2.24) is 4.98 Å². The molecule has 3 aromatic rings. The molecular weight excluding hydrogens is 371 g/mol. The van der Waals surface area contributed by atoms with E-state index in [1.165, 1.54) is 17.4 Å². The number of aromatic nitrogens is 1. The molecule has 3 rings (SSSR count). The molecule has 1 heterocycles. The maximum absolute atomic E-state index is 11.0. The number of hydrogen-bond donors (Lipinski definition) is 0. The summed E-state index contributed by atoms with van der Waals surface area (Å²) < 4.78 is 0.872. The number of fused-ring (bicyclic) bond motifs is 1. The fraction of sp³-hybridized carbons (Fsp3) is 0.133. The molecule has 0 amide bonds. The van der Waals surface area contributed by atoms with Crippen molar-refractivity contribution in [2.24, 2.45) is 10.2 Å². The third-order valence-electron chi connectivity index (χ3n) is 3.24. The van der Waals surface area contributed by atoms with Gasteiger partial charge in [-0.2, -0.15) is 5.11 Å². The maximum Gasteiger partial charge on any atom is 0.272 e. The molecule has 0 bridgehead atoms. The van der Waals surface area contributed by atoms with Crippen LogP contribution in [0.2, 0.25) is 10.0 Å². The highest BCUT2D eigenvalue weighted by Crippen LogP contribution is 2.34. The number of para-hydroxylation sites is 1. The van der Waals surface area contributed by atoms with Crippen LogP contribution in [0.15, 0.2) is 46.6 Å². The molecular formula is C15H10Cl2N4O2S. The molecule has 0 aliphatic carbocycles. The molecule has 122 valence electrons. The normalized spacial score (nSPS) is 11.4. The van der Waals surface area contributed by atoms with Crippen molar-refractivity contribution in [1.29, 1.82) is 0 Å². The molecule has 6 nitrogen and oxygen atoms in total. The second-order valence-electron chi connectivity index (χ2n) is 4.83. The zero-order chi connectivity index (χ0) is 17.1. The number of benzene rings is 2. The van der Waals surface area contributed by atoms with E-state index < -0.39 is 4.92 Å². The van der Waals surface area contributed by atoms with Crippen LogP contribution in [-0.4, -0.2) is 16.5 Å².